The zero-order valence-corrected chi connectivity index (χ0v) is 16.1. The van der Waals surface area contributed by atoms with Crippen LogP contribution in [0.2, 0.25) is 0 Å². The standard InChI is InChI=1S/C21H24N6O/c1-15-11-23-27(12-15)14-17-13-26(9-10-28-17)21-18-3-2-4-19(18)24-20(25-21)16-5-7-22-8-6-16/h5-8,11-12,17H,2-4,9-10,13-14H2,1H3. The number of nitrogens with zero attached hydrogens (tertiary/aromatic N) is 6. The number of pyridine rings is 1. The van der Waals surface area contributed by atoms with Crippen LogP contribution in [0.5, 0.6) is 0 Å². The van der Waals surface area contributed by atoms with E-state index in [4.69, 9.17) is 14.7 Å². The van der Waals surface area contributed by atoms with Gasteiger partial charge in [0.2, 0.25) is 0 Å². The van der Waals surface area contributed by atoms with Gasteiger partial charge in [-0.1, -0.05) is 0 Å². The molecular weight excluding hydrogens is 352 g/mol. The Bertz CT molecular complexity index is 970. The first-order valence-corrected chi connectivity index (χ1v) is 9.92. The average molecular weight is 376 g/mol. The first-order chi connectivity index (χ1) is 13.8. The number of hydrogen-bond acceptors (Lipinski definition) is 6. The summed E-state index contributed by atoms with van der Waals surface area (Å²) in [5.41, 5.74) is 4.70. The van der Waals surface area contributed by atoms with E-state index in [1.165, 1.54) is 16.8 Å². The Labute approximate surface area is 164 Å². The second kappa shape index (κ2) is 7.31. The van der Waals surface area contributed by atoms with Crippen LogP contribution in [0.1, 0.15) is 23.2 Å². The van der Waals surface area contributed by atoms with Crippen LogP contribution in [-0.2, 0) is 24.1 Å². The Morgan fingerprint density at radius 2 is 2.07 bits per heavy atom. The highest BCUT2D eigenvalue weighted by atomic mass is 16.5. The molecule has 1 unspecified atom stereocenters. The van der Waals surface area contributed by atoms with Crippen molar-refractivity contribution >= 4 is 5.82 Å². The summed E-state index contributed by atoms with van der Waals surface area (Å²) in [6.07, 6.45) is 10.9. The van der Waals surface area contributed by atoms with Gasteiger partial charge in [0.1, 0.15) is 5.82 Å². The zero-order chi connectivity index (χ0) is 18.9. The molecule has 2 aliphatic rings. The molecule has 0 amide bonds. The molecule has 1 atom stereocenters. The molecule has 0 bridgehead atoms. The van der Waals surface area contributed by atoms with Gasteiger partial charge < -0.3 is 9.64 Å². The number of ether oxygens (including phenoxy) is 1. The van der Waals surface area contributed by atoms with Crippen molar-refractivity contribution in [1.82, 2.24) is 24.7 Å². The number of fused-ring (bicyclic) bond motifs is 1. The molecule has 7 heteroatoms. The van der Waals surface area contributed by atoms with E-state index in [0.29, 0.717) is 6.61 Å². The van der Waals surface area contributed by atoms with Crippen LogP contribution >= 0.6 is 0 Å². The van der Waals surface area contributed by atoms with Gasteiger partial charge in [-0.15, -0.1) is 0 Å². The predicted molar refractivity (Wildman–Crippen MR) is 106 cm³/mol. The van der Waals surface area contributed by atoms with Crippen LogP contribution in [0.15, 0.2) is 36.9 Å². The minimum atomic E-state index is 0.101. The number of aryl methyl sites for hydroxylation is 2. The fourth-order valence-electron chi connectivity index (χ4n) is 4.10. The molecule has 3 aromatic rings. The normalized spacial score (nSPS) is 19.0. The van der Waals surface area contributed by atoms with E-state index in [0.717, 1.165) is 56.1 Å². The molecule has 1 aliphatic heterocycles. The largest absolute Gasteiger partial charge is 0.373 e. The van der Waals surface area contributed by atoms with Crippen molar-refractivity contribution in [3.05, 3.63) is 53.7 Å². The lowest BCUT2D eigenvalue weighted by Crippen LogP contribution is -2.45. The lowest BCUT2D eigenvalue weighted by atomic mass is 10.1. The number of morpholine rings is 1. The Kier molecular flexibility index (Phi) is 4.52. The van der Waals surface area contributed by atoms with Crippen molar-refractivity contribution in [1.29, 1.82) is 0 Å². The van der Waals surface area contributed by atoms with E-state index in [1.54, 1.807) is 12.4 Å². The molecular formula is C21H24N6O. The topological polar surface area (TPSA) is 69.0 Å². The highest BCUT2D eigenvalue weighted by molar-refractivity contribution is 5.61. The molecule has 144 valence electrons. The molecule has 1 fully saturated rings. The highest BCUT2D eigenvalue weighted by Crippen LogP contribution is 2.32. The van der Waals surface area contributed by atoms with Crippen LogP contribution in [0.3, 0.4) is 0 Å². The Balaban J connectivity index is 1.44. The lowest BCUT2D eigenvalue weighted by molar-refractivity contribution is 0.0271. The lowest BCUT2D eigenvalue weighted by Gasteiger charge is -2.34. The molecule has 0 N–H and O–H groups in total. The fraction of sp³-hybridized carbons (Fsp3) is 0.429. The summed E-state index contributed by atoms with van der Waals surface area (Å²) in [4.78, 5) is 16.3. The Morgan fingerprint density at radius 1 is 1.18 bits per heavy atom. The number of hydrogen-bond donors (Lipinski definition) is 0. The summed E-state index contributed by atoms with van der Waals surface area (Å²) < 4.78 is 7.99. The number of rotatable bonds is 4. The summed E-state index contributed by atoms with van der Waals surface area (Å²) in [5.74, 6) is 1.88. The predicted octanol–water partition coefficient (Wildman–Crippen LogP) is 2.44. The van der Waals surface area contributed by atoms with Gasteiger partial charge >= 0.3 is 0 Å². The molecule has 7 nitrogen and oxygen atoms in total. The van der Waals surface area contributed by atoms with Crippen LogP contribution in [0.25, 0.3) is 11.4 Å². The van der Waals surface area contributed by atoms with Crippen molar-refractivity contribution in [2.45, 2.75) is 38.8 Å². The minimum absolute atomic E-state index is 0.101. The van der Waals surface area contributed by atoms with Gasteiger partial charge in [-0.2, -0.15) is 5.10 Å². The van der Waals surface area contributed by atoms with Gasteiger partial charge in [0.15, 0.2) is 5.82 Å². The van der Waals surface area contributed by atoms with E-state index in [2.05, 4.69) is 28.1 Å². The molecule has 0 radical (unpaired) electrons. The molecule has 4 heterocycles. The second-order valence-corrected chi connectivity index (χ2v) is 7.56. The summed E-state index contributed by atoms with van der Waals surface area (Å²) >= 11 is 0. The molecule has 3 aromatic heterocycles. The maximum atomic E-state index is 6.02. The molecule has 5 rings (SSSR count). The van der Waals surface area contributed by atoms with Crippen LogP contribution < -0.4 is 4.90 Å². The third kappa shape index (κ3) is 3.38. The molecule has 0 aromatic carbocycles. The van der Waals surface area contributed by atoms with Crippen molar-refractivity contribution in [2.24, 2.45) is 0 Å². The van der Waals surface area contributed by atoms with E-state index in [-0.39, 0.29) is 6.10 Å². The van der Waals surface area contributed by atoms with E-state index >= 15 is 0 Å². The quantitative estimate of drug-likeness (QED) is 0.697. The fourth-order valence-corrected chi connectivity index (χ4v) is 4.10. The minimum Gasteiger partial charge on any atom is -0.373 e. The first-order valence-electron chi connectivity index (χ1n) is 9.92. The first kappa shape index (κ1) is 17.3. The summed E-state index contributed by atoms with van der Waals surface area (Å²) in [6, 6.07) is 3.95. The van der Waals surface area contributed by atoms with Gasteiger partial charge in [0.25, 0.3) is 0 Å². The summed E-state index contributed by atoms with van der Waals surface area (Å²) in [5, 5.41) is 4.41. The third-order valence-electron chi connectivity index (χ3n) is 5.44. The SMILES string of the molecule is Cc1cnn(CC2CN(c3nc(-c4ccncc4)nc4c3CCC4)CCO2)c1. The molecule has 0 spiro atoms. The van der Waals surface area contributed by atoms with Crippen LogP contribution in [0, 0.1) is 6.92 Å². The average Bonchev–Trinajstić information content (AvgIpc) is 3.37. The molecule has 28 heavy (non-hydrogen) atoms. The van der Waals surface area contributed by atoms with Gasteiger partial charge in [0, 0.05) is 48.5 Å². The monoisotopic (exact) mass is 376 g/mol. The van der Waals surface area contributed by atoms with E-state index in [1.807, 2.05) is 23.0 Å². The van der Waals surface area contributed by atoms with Crippen molar-refractivity contribution in [3.8, 4) is 11.4 Å². The number of aromatic nitrogens is 5. The van der Waals surface area contributed by atoms with Gasteiger partial charge in [-0.05, 0) is 43.9 Å². The highest BCUT2D eigenvalue weighted by Gasteiger charge is 2.28. The molecule has 1 aliphatic carbocycles. The third-order valence-corrected chi connectivity index (χ3v) is 5.44. The van der Waals surface area contributed by atoms with Gasteiger partial charge in [-0.25, -0.2) is 9.97 Å². The zero-order valence-electron chi connectivity index (χ0n) is 16.1. The van der Waals surface area contributed by atoms with Crippen molar-refractivity contribution in [2.75, 3.05) is 24.6 Å². The number of anilines is 1. The smallest absolute Gasteiger partial charge is 0.161 e. The Morgan fingerprint density at radius 3 is 2.89 bits per heavy atom. The Hall–Kier alpha value is -2.80. The maximum absolute atomic E-state index is 6.02. The van der Waals surface area contributed by atoms with Crippen molar-refractivity contribution < 1.29 is 4.74 Å². The molecule has 0 saturated carbocycles. The summed E-state index contributed by atoms with van der Waals surface area (Å²) in [6.45, 7) is 5.19. The van der Waals surface area contributed by atoms with Crippen LogP contribution in [0.4, 0.5) is 5.82 Å². The van der Waals surface area contributed by atoms with Gasteiger partial charge in [-0.3, -0.25) is 9.67 Å². The molecule has 1 saturated heterocycles. The summed E-state index contributed by atoms with van der Waals surface area (Å²) in [7, 11) is 0. The van der Waals surface area contributed by atoms with E-state index in [9.17, 15) is 0 Å². The van der Waals surface area contributed by atoms with E-state index < -0.39 is 0 Å². The van der Waals surface area contributed by atoms with Gasteiger partial charge in [0.05, 0.1) is 25.5 Å². The second-order valence-electron chi connectivity index (χ2n) is 7.56. The maximum Gasteiger partial charge on any atom is 0.161 e. The van der Waals surface area contributed by atoms with Crippen LogP contribution in [-0.4, -0.2) is 50.5 Å². The van der Waals surface area contributed by atoms with Crippen molar-refractivity contribution in [3.63, 3.8) is 0 Å².